The van der Waals surface area contributed by atoms with E-state index in [1.807, 2.05) is 48.5 Å². The summed E-state index contributed by atoms with van der Waals surface area (Å²) in [6.45, 7) is 4.12. The highest BCUT2D eigenvalue weighted by Crippen LogP contribution is 2.23. The highest BCUT2D eigenvalue weighted by Gasteiger charge is 2.08. The topological polar surface area (TPSA) is 138 Å². The molecular formula is C25H35N7O4. The average Bonchev–Trinajstić information content (AvgIpc) is 2.92. The Labute approximate surface area is 211 Å². The van der Waals surface area contributed by atoms with Crippen LogP contribution in [-0.4, -0.2) is 68.7 Å². The molecule has 0 fully saturated rings. The molecule has 194 valence electrons. The quantitative estimate of drug-likeness (QED) is 0.205. The molecule has 0 unspecified atom stereocenters. The van der Waals surface area contributed by atoms with Crippen molar-refractivity contribution in [2.45, 2.75) is 13.1 Å². The summed E-state index contributed by atoms with van der Waals surface area (Å²) in [5.74, 6) is 2.75. The molecule has 0 radical (unpaired) electrons. The van der Waals surface area contributed by atoms with Crippen LogP contribution < -0.4 is 31.2 Å². The van der Waals surface area contributed by atoms with E-state index in [2.05, 4.69) is 30.9 Å². The molecule has 0 saturated heterocycles. The predicted molar refractivity (Wildman–Crippen MR) is 140 cm³/mol. The average molecular weight is 498 g/mol. The van der Waals surface area contributed by atoms with Gasteiger partial charge in [-0.3, -0.25) is 0 Å². The van der Waals surface area contributed by atoms with Crippen LogP contribution in [0.25, 0.3) is 0 Å². The highest BCUT2D eigenvalue weighted by molar-refractivity contribution is 5.44. The van der Waals surface area contributed by atoms with Crippen LogP contribution >= 0.6 is 0 Å². The van der Waals surface area contributed by atoms with Gasteiger partial charge in [-0.25, -0.2) is 0 Å². The second-order valence-corrected chi connectivity index (χ2v) is 7.66. The largest absolute Gasteiger partial charge is 0.497 e. The Hall–Kier alpha value is -3.67. The van der Waals surface area contributed by atoms with Crippen molar-refractivity contribution >= 4 is 17.8 Å². The molecular weight excluding hydrogens is 462 g/mol. The number of ether oxygens (including phenoxy) is 4. The first kappa shape index (κ1) is 26.9. The first-order valence-electron chi connectivity index (χ1n) is 11.8. The molecule has 3 aromatic rings. The number of rotatable bonds is 17. The molecule has 11 nitrogen and oxygen atoms in total. The minimum Gasteiger partial charge on any atom is -0.497 e. The molecule has 1 aromatic heterocycles. The number of nitrogens with zero attached hydrogens (tertiary/aromatic N) is 3. The Bertz CT molecular complexity index is 1020. The van der Waals surface area contributed by atoms with E-state index in [4.69, 9.17) is 24.7 Å². The lowest BCUT2D eigenvalue weighted by atomic mass is 10.2. The van der Waals surface area contributed by atoms with Crippen LogP contribution in [0.4, 0.5) is 17.8 Å². The Kier molecular flexibility index (Phi) is 11.5. The number of nitrogens with one attached hydrogen (secondary N) is 3. The second kappa shape index (κ2) is 15.4. The van der Waals surface area contributed by atoms with Gasteiger partial charge in [-0.05, 0) is 23.3 Å². The maximum atomic E-state index is 5.56. The number of hydrogen-bond acceptors (Lipinski definition) is 11. The molecule has 0 saturated carbocycles. The zero-order valence-electron chi connectivity index (χ0n) is 20.8. The normalized spacial score (nSPS) is 10.6. The predicted octanol–water partition coefficient (Wildman–Crippen LogP) is 2.52. The third kappa shape index (κ3) is 9.53. The Morgan fingerprint density at radius 2 is 1.22 bits per heavy atom. The van der Waals surface area contributed by atoms with Gasteiger partial charge < -0.3 is 40.6 Å². The van der Waals surface area contributed by atoms with E-state index in [1.54, 1.807) is 14.2 Å². The summed E-state index contributed by atoms with van der Waals surface area (Å²) in [5, 5.41) is 9.72. The van der Waals surface area contributed by atoms with E-state index in [0.29, 0.717) is 82.0 Å². The molecule has 0 atom stereocenters. The van der Waals surface area contributed by atoms with Gasteiger partial charge in [-0.1, -0.05) is 30.3 Å². The van der Waals surface area contributed by atoms with Gasteiger partial charge in [0, 0.05) is 32.2 Å². The van der Waals surface area contributed by atoms with Gasteiger partial charge >= 0.3 is 0 Å². The zero-order valence-corrected chi connectivity index (χ0v) is 20.8. The lowest BCUT2D eigenvalue weighted by Gasteiger charge is -2.13. The summed E-state index contributed by atoms with van der Waals surface area (Å²) in [7, 11) is 3.25. The summed E-state index contributed by atoms with van der Waals surface area (Å²) < 4.78 is 21.6. The minimum absolute atomic E-state index is 0.431. The fraction of sp³-hybridized carbons (Fsp3) is 0.400. The van der Waals surface area contributed by atoms with Crippen LogP contribution in [0, 0.1) is 0 Å². The van der Waals surface area contributed by atoms with Crippen LogP contribution in [0.15, 0.2) is 48.5 Å². The van der Waals surface area contributed by atoms with Crippen LogP contribution in [0.1, 0.15) is 11.1 Å². The molecule has 11 heteroatoms. The Morgan fingerprint density at radius 1 is 0.667 bits per heavy atom. The molecule has 5 N–H and O–H groups in total. The smallest absolute Gasteiger partial charge is 0.229 e. The molecule has 0 aliphatic heterocycles. The van der Waals surface area contributed by atoms with Gasteiger partial charge in [-0.15, -0.1) is 0 Å². The van der Waals surface area contributed by atoms with Crippen LogP contribution in [0.2, 0.25) is 0 Å². The lowest BCUT2D eigenvalue weighted by molar-refractivity contribution is 0.0547. The van der Waals surface area contributed by atoms with Crippen LogP contribution in [0.3, 0.4) is 0 Å². The molecule has 0 spiro atoms. The van der Waals surface area contributed by atoms with Crippen molar-refractivity contribution in [2.24, 2.45) is 5.73 Å². The number of aromatic nitrogens is 3. The van der Waals surface area contributed by atoms with E-state index < -0.39 is 0 Å². The summed E-state index contributed by atoms with van der Waals surface area (Å²) in [5.41, 5.74) is 7.48. The third-order valence-corrected chi connectivity index (χ3v) is 4.95. The van der Waals surface area contributed by atoms with Crippen molar-refractivity contribution in [3.8, 4) is 11.5 Å². The Morgan fingerprint density at radius 3 is 1.81 bits per heavy atom. The number of anilines is 3. The first-order valence-corrected chi connectivity index (χ1v) is 11.8. The van der Waals surface area contributed by atoms with Crippen molar-refractivity contribution in [3.63, 3.8) is 0 Å². The zero-order chi connectivity index (χ0) is 25.4. The van der Waals surface area contributed by atoms with Crippen molar-refractivity contribution in [1.82, 2.24) is 15.0 Å². The fourth-order valence-electron chi connectivity index (χ4n) is 3.18. The summed E-state index contributed by atoms with van der Waals surface area (Å²) in [4.78, 5) is 13.5. The van der Waals surface area contributed by atoms with Crippen LogP contribution in [0.5, 0.6) is 11.5 Å². The summed E-state index contributed by atoms with van der Waals surface area (Å²) in [6, 6.07) is 15.7. The van der Waals surface area contributed by atoms with E-state index in [0.717, 1.165) is 11.1 Å². The fourth-order valence-corrected chi connectivity index (χ4v) is 3.18. The Balaban J connectivity index is 1.62. The number of hydrogen-bond donors (Lipinski definition) is 4. The lowest BCUT2D eigenvalue weighted by Crippen LogP contribution is -2.17. The molecule has 3 rings (SSSR count). The third-order valence-electron chi connectivity index (χ3n) is 4.95. The van der Waals surface area contributed by atoms with Gasteiger partial charge in [0.1, 0.15) is 11.5 Å². The van der Waals surface area contributed by atoms with E-state index in [1.165, 1.54) is 0 Å². The summed E-state index contributed by atoms with van der Waals surface area (Å²) in [6.07, 6.45) is 0. The van der Waals surface area contributed by atoms with Crippen molar-refractivity contribution in [1.29, 1.82) is 0 Å². The monoisotopic (exact) mass is 497 g/mol. The van der Waals surface area contributed by atoms with Gasteiger partial charge in [0.25, 0.3) is 0 Å². The minimum atomic E-state index is 0.431. The molecule has 2 aromatic carbocycles. The SMILES string of the molecule is COc1cc(CNc2nc(NCCOCCOCCN)nc(NCc3ccccc3)n2)cc(OC)c1. The molecule has 1 heterocycles. The number of nitrogens with two attached hydrogens (primary N) is 1. The van der Waals surface area contributed by atoms with Crippen molar-refractivity contribution in [3.05, 3.63) is 59.7 Å². The number of benzene rings is 2. The van der Waals surface area contributed by atoms with Crippen LogP contribution in [-0.2, 0) is 22.6 Å². The molecule has 0 bridgehead atoms. The van der Waals surface area contributed by atoms with Gasteiger partial charge in [0.05, 0.1) is 40.6 Å². The molecule has 36 heavy (non-hydrogen) atoms. The highest BCUT2D eigenvalue weighted by atomic mass is 16.5. The molecule has 0 aliphatic rings. The van der Waals surface area contributed by atoms with Crippen molar-refractivity contribution in [2.75, 3.05) is 69.7 Å². The van der Waals surface area contributed by atoms with Gasteiger partial charge in [0.15, 0.2) is 0 Å². The summed E-state index contributed by atoms with van der Waals surface area (Å²) >= 11 is 0. The van der Waals surface area contributed by atoms with Gasteiger partial charge in [-0.2, -0.15) is 15.0 Å². The second-order valence-electron chi connectivity index (χ2n) is 7.66. The molecule has 0 amide bonds. The number of methoxy groups -OCH3 is 2. The van der Waals surface area contributed by atoms with E-state index in [9.17, 15) is 0 Å². The van der Waals surface area contributed by atoms with Gasteiger partial charge in [0.2, 0.25) is 17.8 Å². The van der Waals surface area contributed by atoms with E-state index >= 15 is 0 Å². The molecule has 0 aliphatic carbocycles. The maximum absolute atomic E-state index is 5.56. The van der Waals surface area contributed by atoms with Crippen molar-refractivity contribution < 1.29 is 18.9 Å². The van der Waals surface area contributed by atoms with E-state index in [-0.39, 0.29) is 0 Å². The standard InChI is InChI=1S/C25H35N7O4/c1-33-21-14-20(15-22(16-21)34-2)18-29-25-31-23(27-9-11-36-13-12-35-10-8-26)30-24(32-25)28-17-19-6-4-3-5-7-19/h3-7,14-16H,8-13,17-18,26H2,1-2H3,(H3,27,28,29,30,31,32). The first-order chi connectivity index (χ1) is 17.7. The maximum Gasteiger partial charge on any atom is 0.229 e.